The standard InChI is InChI=1S/C9H17O2.Y/c1-9(2,3)6-4-5-7(10)8(6)11;/h5-8,10-11H,4H2,1-3H3;/q-1;. The summed E-state index contributed by atoms with van der Waals surface area (Å²) in [5.74, 6) is 0.206. The Labute approximate surface area is 99.6 Å². The second kappa shape index (κ2) is 4.50. The molecule has 1 fully saturated rings. The van der Waals surface area contributed by atoms with Crippen LogP contribution in [0.4, 0.5) is 0 Å². The molecule has 0 amide bonds. The van der Waals surface area contributed by atoms with Gasteiger partial charge in [0.25, 0.3) is 0 Å². The van der Waals surface area contributed by atoms with Crippen molar-refractivity contribution in [2.75, 3.05) is 0 Å². The van der Waals surface area contributed by atoms with E-state index in [1.165, 1.54) is 0 Å². The van der Waals surface area contributed by atoms with Crippen molar-refractivity contribution in [3.63, 3.8) is 0 Å². The summed E-state index contributed by atoms with van der Waals surface area (Å²) < 4.78 is 0. The van der Waals surface area contributed by atoms with Crippen molar-refractivity contribution >= 4 is 0 Å². The predicted octanol–water partition coefficient (Wildman–Crippen LogP) is 0.976. The topological polar surface area (TPSA) is 40.5 Å². The Kier molecular flexibility index (Phi) is 4.88. The third-order valence-electron chi connectivity index (χ3n) is 2.51. The van der Waals surface area contributed by atoms with Gasteiger partial charge < -0.3 is 10.2 Å². The Morgan fingerprint density at radius 3 is 1.92 bits per heavy atom. The van der Waals surface area contributed by atoms with E-state index in [9.17, 15) is 10.2 Å². The van der Waals surface area contributed by atoms with Gasteiger partial charge in [0.15, 0.2) is 0 Å². The van der Waals surface area contributed by atoms with E-state index in [4.69, 9.17) is 0 Å². The molecule has 1 radical (unpaired) electrons. The van der Waals surface area contributed by atoms with E-state index in [0.29, 0.717) is 0 Å². The van der Waals surface area contributed by atoms with Crippen molar-refractivity contribution in [3.05, 3.63) is 6.42 Å². The zero-order valence-corrected chi connectivity index (χ0v) is 10.8. The fourth-order valence-electron chi connectivity index (χ4n) is 1.67. The summed E-state index contributed by atoms with van der Waals surface area (Å²) in [6.07, 6.45) is 1.45. The van der Waals surface area contributed by atoms with Gasteiger partial charge in [-0.1, -0.05) is 20.8 Å². The molecule has 3 atom stereocenters. The van der Waals surface area contributed by atoms with Crippen LogP contribution < -0.4 is 0 Å². The van der Waals surface area contributed by atoms with Crippen molar-refractivity contribution in [2.45, 2.75) is 39.4 Å². The summed E-state index contributed by atoms with van der Waals surface area (Å²) in [7, 11) is 0. The van der Waals surface area contributed by atoms with Crippen molar-refractivity contribution < 1.29 is 42.9 Å². The van der Waals surface area contributed by atoms with E-state index in [1.807, 2.05) is 0 Å². The molecule has 69 valence electrons. The molecular formula is C9H17O2Y-. The maximum atomic E-state index is 9.51. The quantitative estimate of drug-likeness (QED) is 0.625. The Morgan fingerprint density at radius 2 is 1.75 bits per heavy atom. The van der Waals surface area contributed by atoms with Crippen LogP contribution in [0.5, 0.6) is 0 Å². The smallest absolute Gasteiger partial charge is 0.0528 e. The average molecular weight is 246 g/mol. The molecule has 0 spiro atoms. The summed E-state index contributed by atoms with van der Waals surface area (Å²) in [6, 6.07) is 0. The van der Waals surface area contributed by atoms with Gasteiger partial charge in [-0.2, -0.15) is 6.42 Å². The molecule has 0 aromatic rings. The van der Waals surface area contributed by atoms with Gasteiger partial charge in [0, 0.05) is 32.7 Å². The molecule has 1 aliphatic carbocycles. The summed E-state index contributed by atoms with van der Waals surface area (Å²) in [4.78, 5) is 0. The third kappa shape index (κ3) is 2.76. The number of hydrogen-bond acceptors (Lipinski definition) is 2. The minimum Gasteiger partial charge on any atom is -0.422 e. The van der Waals surface area contributed by atoms with E-state index in [-0.39, 0.29) is 44.0 Å². The fraction of sp³-hybridized carbons (Fsp3) is 0.889. The predicted molar refractivity (Wildman–Crippen MR) is 43.9 cm³/mol. The Morgan fingerprint density at radius 1 is 1.25 bits per heavy atom. The van der Waals surface area contributed by atoms with Gasteiger partial charge in [0.2, 0.25) is 0 Å². The monoisotopic (exact) mass is 246 g/mol. The molecule has 1 saturated carbocycles. The fourth-order valence-corrected chi connectivity index (χ4v) is 1.67. The van der Waals surface area contributed by atoms with Gasteiger partial charge in [-0.15, -0.1) is 0 Å². The van der Waals surface area contributed by atoms with Crippen molar-refractivity contribution in [1.82, 2.24) is 0 Å². The van der Waals surface area contributed by atoms with Crippen LogP contribution in [0, 0.1) is 17.8 Å². The first-order valence-corrected chi connectivity index (χ1v) is 4.12. The molecule has 0 heterocycles. The van der Waals surface area contributed by atoms with Gasteiger partial charge in [0.1, 0.15) is 0 Å². The first kappa shape index (κ1) is 13.0. The van der Waals surface area contributed by atoms with Gasteiger partial charge >= 0.3 is 0 Å². The maximum Gasteiger partial charge on any atom is 0.0528 e. The number of hydrogen-bond donors (Lipinski definition) is 2. The average Bonchev–Trinajstić information content (AvgIpc) is 2.11. The molecular weight excluding hydrogens is 229 g/mol. The van der Waals surface area contributed by atoms with E-state index in [2.05, 4.69) is 20.8 Å². The zero-order valence-electron chi connectivity index (χ0n) is 7.99. The molecule has 2 N–H and O–H groups in total. The Bertz CT molecular complexity index is 142. The molecule has 0 aromatic heterocycles. The molecule has 12 heavy (non-hydrogen) atoms. The van der Waals surface area contributed by atoms with Crippen LogP contribution in [-0.2, 0) is 32.7 Å². The second-order valence-electron chi connectivity index (χ2n) is 4.43. The molecule has 0 saturated heterocycles. The molecule has 3 unspecified atom stereocenters. The van der Waals surface area contributed by atoms with Crippen LogP contribution in [0.15, 0.2) is 0 Å². The molecule has 0 bridgehead atoms. The number of rotatable bonds is 0. The largest absolute Gasteiger partial charge is 0.422 e. The SMILES string of the molecule is CC(C)(C)C1C[CH-]C(O)C1O.[Y]. The zero-order chi connectivity index (χ0) is 8.65. The summed E-state index contributed by atoms with van der Waals surface area (Å²) in [5, 5.41) is 18.7. The minimum absolute atomic E-state index is 0. The van der Waals surface area contributed by atoms with E-state index in [0.717, 1.165) is 6.42 Å². The van der Waals surface area contributed by atoms with Crippen LogP contribution in [0.1, 0.15) is 27.2 Å². The van der Waals surface area contributed by atoms with Gasteiger partial charge in [-0.3, -0.25) is 6.42 Å². The minimum atomic E-state index is -0.612. The van der Waals surface area contributed by atoms with Crippen molar-refractivity contribution in [1.29, 1.82) is 0 Å². The summed E-state index contributed by atoms with van der Waals surface area (Å²) >= 11 is 0. The van der Waals surface area contributed by atoms with Crippen LogP contribution in [-0.4, -0.2) is 22.4 Å². The van der Waals surface area contributed by atoms with E-state index >= 15 is 0 Å². The number of aliphatic hydroxyl groups is 2. The van der Waals surface area contributed by atoms with E-state index < -0.39 is 12.2 Å². The van der Waals surface area contributed by atoms with Crippen LogP contribution in [0.2, 0.25) is 0 Å². The Balaban J connectivity index is 0.00000121. The molecule has 1 aliphatic rings. The van der Waals surface area contributed by atoms with Crippen LogP contribution in [0.25, 0.3) is 0 Å². The van der Waals surface area contributed by atoms with Gasteiger partial charge in [-0.05, 0) is 17.4 Å². The molecule has 1 rings (SSSR count). The van der Waals surface area contributed by atoms with Crippen molar-refractivity contribution in [3.8, 4) is 0 Å². The molecule has 3 heteroatoms. The first-order chi connectivity index (χ1) is 4.93. The van der Waals surface area contributed by atoms with Crippen molar-refractivity contribution in [2.24, 2.45) is 11.3 Å². The molecule has 0 aliphatic heterocycles. The summed E-state index contributed by atoms with van der Waals surface area (Å²) in [5.41, 5.74) is 0.0907. The second-order valence-corrected chi connectivity index (χ2v) is 4.43. The molecule has 2 nitrogen and oxygen atoms in total. The maximum absolute atomic E-state index is 9.51. The van der Waals surface area contributed by atoms with Gasteiger partial charge in [0.05, 0.1) is 6.10 Å². The Hall–Kier alpha value is 1.02. The third-order valence-corrected chi connectivity index (χ3v) is 2.51. The van der Waals surface area contributed by atoms with Crippen LogP contribution >= 0.6 is 0 Å². The first-order valence-electron chi connectivity index (χ1n) is 4.12. The molecule has 0 aromatic carbocycles. The van der Waals surface area contributed by atoms with E-state index in [1.54, 1.807) is 6.42 Å². The number of aliphatic hydroxyl groups excluding tert-OH is 2. The van der Waals surface area contributed by atoms with Gasteiger partial charge in [-0.25, -0.2) is 0 Å². The normalized spacial score (nSPS) is 36.2. The van der Waals surface area contributed by atoms with Crippen LogP contribution in [0.3, 0.4) is 0 Å². The summed E-state index contributed by atoms with van der Waals surface area (Å²) in [6.45, 7) is 6.27.